The number of non-ortho nitro benzene ring substituents is 1. The Morgan fingerprint density at radius 3 is 2.50 bits per heavy atom. The van der Waals surface area contributed by atoms with E-state index in [1.165, 1.54) is 26.2 Å². The van der Waals surface area contributed by atoms with Crippen molar-refractivity contribution in [2.24, 2.45) is 10.2 Å². The average Bonchev–Trinajstić information content (AvgIpc) is 2.84. The standard InChI is InChI=1S/C24H28N4O8/c1-6-8-9-10-20(35-13-14-36-22(30)7-2)16(3)25-24(31)23(17(4)29)27-26-19-12-11-18(28(32)33)15-21(19)34-5/h6-7,9-12,15,29H,1-2,8,13-14H2,3-5H3,(H,25,31)/b10-9-,20-16-,23-17?,27-26?. The maximum Gasteiger partial charge on any atom is 0.330 e. The SMILES string of the molecule is C=CC/C=C\C(OCCOC(=O)C=C)=C(/C)NC(=O)C(N=Nc1ccc([N+](=O)[O-])cc1OC)=C(C)O. The lowest BCUT2D eigenvalue weighted by molar-refractivity contribution is -0.384. The number of ether oxygens (including phenoxy) is 3. The van der Waals surface area contributed by atoms with Crippen molar-refractivity contribution in [3.8, 4) is 5.75 Å². The number of benzene rings is 1. The van der Waals surface area contributed by atoms with Crippen LogP contribution in [0.4, 0.5) is 11.4 Å². The van der Waals surface area contributed by atoms with Gasteiger partial charge in [-0.15, -0.1) is 16.8 Å². The summed E-state index contributed by atoms with van der Waals surface area (Å²) >= 11 is 0. The molecule has 1 aromatic carbocycles. The van der Waals surface area contributed by atoms with E-state index in [4.69, 9.17) is 14.2 Å². The zero-order valence-corrected chi connectivity index (χ0v) is 20.2. The fourth-order valence-corrected chi connectivity index (χ4v) is 2.45. The first-order valence-corrected chi connectivity index (χ1v) is 10.5. The van der Waals surface area contributed by atoms with E-state index in [9.17, 15) is 24.8 Å². The third kappa shape index (κ3) is 9.63. The average molecular weight is 501 g/mol. The lowest BCUT2D eigenvalue weighted by atomic mass is 10.2. The van der Waals surface area contributed by atoms with Crippen LogP contribution in [-0.2, 0) is 19.1 Å². The highest BCUT2D eigenvalue weighted by Crippen LogP contribution is 2.32. The summed E-state index contributed by atoms with van der Waals surface area (Å²) in [5, 5.41) is 31.2. The molecule has 0 atom stereocenters. The summed E-state index contributed by atoms with van der Waals surface area (Å²) in [6, 6.07) is 3.65. The van der Waals surface area contributed by atoms with Crippen molar-refractivity contribution in [3.05, 3.63) is 88.7 Å². The fraction of sp³-hybridized carbons (Fsp3) is 0.250. The molecule has 0 unspecified atom stereocenters. The zero-order chi connectivity index (χ0) is 27.1. The largest absolute Gasteiger partial charge is 0.510 e. The Labute approximate surface area is 208 Å². The molecule has 0 bridgehead atoms. The van der Waals surface area contributed by atoms with E-state index in [2.05, 4.69) is 28.7 Å². The first-order chi connectivity index (χ1) is 17.1. The molecule has 1 amide bonds. The summed E-state index contributed by atoms with van der Waals surface area (Å²) in [6.07, 6.45) is 6.56. The Bertz CT molecular complexity index is 1120. The molecule has 1 aromatic rings. The monoisotopic (exact) mass is 500 g/mol. The predicted molar refractivity (Wildman–Crippen MR) is 131 cm³/mol. The third-order valence-electron chi connectivity index (χ3n) is 4.18. The third-order valence-corrected chi connectivity index (χ3v) is 4.18. The maximum absolute atomic E-state index is 12.8. The van der Waals surface area contributed by atoms with Crippen LogP contribution in [-0.4, -0.2) is 42.2 Å². The van der Waals surface area contributed by atoms with Crippen molar-refractivity contribution >= 4 is 23.3 Å². The van der Waals surface area contributed by atoms with Crippen molar-refractivity contribution in [1.29, 1.82) is 0 Å². The highest BCUT2D eigenvalue weighted by Gasteiger charge is 2.16. The van der Waals surface area contributed by atoms with Gasteiger partial charge in [-0.2, -0.15) is 0 Å². The minimum Gasteiger partial charge on any atom is -0.510 e. The van der Waals surface area contributed by atoms with E-state index >= 15 is 0 Å². The first-order valence-electron chi connectivity index (χ1n) is 10.5. The number of nitrogens with one attached hydrogen (secondary N) is 1. The number of nitrogens with zero attached hydrogens (tertiary/aromatic N) is 3. The molecule has 0 spiro atoms. The Hall–Kier alpha value is -4.74. The summed E-state index contributed by atoms with van der Waals surface area (Å²) in [5.41, 5.74) is -0.247. The molecule has 36 heavy (non-hydrogen) atoms. The minimum atomic E-state index is -0.798. The van der Waals surface area contributed by atoms with Crippen LogP contribution in [0.5, 0.6) is 5.75 Å². The van der Waals surface area contributed by atoms with E-state index in [0.717, 1.165) is 12.1 Å². The van der Waals surface area contributed by atoms with E-state index in [1.54, 1.807) is 25.2 Å². The second kappa shape index (κ2) is 15.2. The second-order valence-electron chi connectivity index (χ2n) is 6.84. The van der Waals surface area contributed by atoms with Gasteiger partial charge in [-0.25, -0.2) is 4.79 Å². The Morgan fingerprint density at radius 1 is 1.22 bits per heavy atom. The molecular formula is C24H28N4O8. The number of aliphatic hydroxyl groups excluding tert-OH is 1. The van der Waals surface area contributed by atoms with Gasteiger partial charge in [0.2, 0.25) is 0 Å². The van der Waals surface area contributed by atoms with Crippen LogP contribution < -0.4 is 10.1 Å². The number of methoxy groups -OCH3 is 1. The van der Waals surface area contributed by atoms with Crippen molar-refractivity contribution in [2.75, 3.05) is 20.3 Å². The molecule has 0 aliphatic rings. The molecule has 0 heterocycles. The number of carbonyl (C=O) groups is 2. The number of amides is 1. The van der Waals surface area contributed by atoms with Crippen LogP contribution in [0.25, 0.3) is 0 Å². The highest BCUT2D eigenvalue weighted by molar-refractivity contribution is 5.94. The highest BCUT2D eigenvalue weighted by atomic mass is 16.6. The van der Waals surface area contributed by atoms with Crippen molar-refractivity contribution in [2.45, 2.75) is 20.3 Å². The maximum atomic E-state index is 12.8. The number of rotatable bonds is 14. The van der Waals surface area contributed by atoms with Gasteiger partial charge in [0.1, 0.15) is 30.4 Å². The minimum absolute atomic E-state index is 0.00191. The lowest BCUT2D eigenvalue weighted by Crippen LogP contribution is -2.25. The second-order valence-corrected chi connectivity index (χ2v) is 6.84. The molecule has 0 saturated carbocycles. The van der Waals surface area contributed by atoms with Gasteiger partial charge in [0.15, 0.2) is 11.4 Å². The molecule has 12 heteroatoms. The van der Waals surface area contributed by atoms with Gasteiger partial charge in [-0.1, -0.05) is 18.7 Å². The topological polar surface area (TPSA) is 162 Å². The van der Waals surface area contributed by atoms with Crippen LogP contribution in [0.3, 0.4) is 0 Å². The molecule has 0 saturated heterocycles. The number of nitro benzene ring substituents is 1. The molecule has 2 N–H and O–H groups in total. The normalized spacial score (nSPS) is 12.4. The summed E-state index contributed by atoms with van der Waals surface area (Å²) in [5.74, 6) is -1.50. The Kier molecular flexibility index (Phi) is 12.4. The molecule has 0 aliphatic carbocycles. The zero-order valence-electron chi connectivity index (χ0n) is 20.2. The number of allylic oxidation sites excluding steroid dienone is 5. The predicted octanol–water partition coefficient (Wildman–Crippen LogP) is 4.70. The molecule has 192 valence electrons. The molecule has 0 radical (unpaired) electrons. The van der Waals surface area contributed by atoms with Gasteiger partial charge in [-0.3, -0.25) is 14.9 Å². The fourth-order valence-electron chi connectivity index (χ4n) is 2.45. The Balaban J connectivity index is 3.11. The molecule has 0 aliphatic heterocycles. The number of hydrogen-bond donors (Lipinski definition) is 2. The van der Waals surface area contributed by atoms with E-state index in [1.807, 2.05) is 0 Å². The quantitative estimate of drug-likeness (QED) is 0.0427. The van der Waals surface area contributed by atoms with Crippen molar-refractivity contribution < 1.29 is 33.8 Å². The molecule has 1 rings (SSSR count). The van der Waals surface area contributed by atoms with Gasteiger partial charge in [0, 0.05) is 12.1 Å². The van der Waals surface area contributed by atoms with Crippen molar-refractivity contribution in [3.63, 3.8) is 0 Å². The number of hydrogen-bond acceptors (Lipinski definition) is 10. The van der Waals surface area contributed by atoms with Crippen LogP contribution in [0, 0.1) is 10.1 Å². The molecule has 0 aromatic heterocycles. The molecule has 0 fully saturated rings. The van der Waals surface area contributed by atoms with Crippen LogP contribution in [0.15, 0.2) is 88.8 Å². The summed E-state index contributed by atoms with van der Waals surface area (Å²) < 4.78 is 15.6. The van der Waals surface area contributed by atoms with Crippen LogP contribution in [0.1, 0.15) is 20.3 Å². The first kappa shape index (κ1) is 29.3. The van der Waals surface area contributed by atoms with Crippen LogP contribution in [0.2, 0.25) is 0 Å². The van der Waals surface area contributed by atoms with Crippen LogP contribution >= 0.6 is 0 Å². The van der Waals surface area contributed by atoms with Gasteiger partial charge in [0.25, 0.3) is 11.6 Å². The Morgan fingerprint density at radius 2 is 1.92 bits per heavy atom. The number of azo groups is 1. The molecular weight excluding hydrogens is 472 g/mol. The summed E-state index contributed by atoms with van der Waals surface area (Å²) in [6.45, 7) is 9.69. The lowest BCUT2D eigenvalue weighted by Gasteiger charge is -2.13. The number of aliphatic hydroxyl groups is 1. The van der Waals surface area contributed by atoms with E-state index in [-0.39, 0.29) is 41.8 Å². The van der Waals surface area contributed by atoms with Gasteiger partial charge in [0.05, 0.1) is 23.8 Å². The van der Waals surface area contributed by atoms with Gasteiger partial charge in [-0.05, 0) is 32.4 Å². The molecule has 12 nitrogen and oxygen atoms in total. The summed E-state index contributed by atoms with van der Waals surface area (Å²) in [7, 11) is 1.30. The smallest absolute Gasteiger partial charge is 0.330 e. The van der Waals surface area contributed by atoms with E-state index in [0.29, 0.717) is 6.42 Å². The summed E-state index contributed by atoms with van der Waals surface area (Å²) in [4.78, 5) is 34.3. The van der Waals surface area contributed by atoms with Crippen molar-refractivity contribution in [1.82, 2.24) is 5.32 Å². The van der Waals surface area contributed by atoms with Gasteiger partial charge >= 0.3 is 5.97 Å². The number of nitro groups is 1. The number of esters is 1. The number of carbonyl (C=O) groups excluding carboxylic acids is 2. The van der Waals surface area contributed by atoms with E-state index < -0.39 is 28.3 Å². The van der Waals surface area contributed by atoms with Gasteiger partial charge < -0.3 is 24.6 Å².